The minimum absolute atomic E-state index is 0.00970. The summed E-state index contributed by atoms with van der Waals surface area (Å²) in [7, 11) is 0. The number of thiophene rings is 1. The van der Waals surface area contributed by atoms with E-state index in [1.165, 1.54) is 11.3 Å². The van der Waals surface area contributed by atoms with Gasteiger partial charge in [0.05, 0.1) is 15.5 Å². The molecule has 0 N–H and O–H groups in total. The van der Waals surface area contributed by atoms with Crippen LogP contribution in [0, 0.1) is 13.8 Å². The first-order valence-electron chi connectivity index (χ1n) is 8.51. The molecule has 9 heteroatoms. The predicted octanol–water partition coefficient (Wildman–Crippen LogP) is 4.78. The maximum atomic E-state index is 12.8. The van der Waals surface area contributed by atoms with Crippen LogP contribution in [0.2, 0.25) is 5.02 Å². The highest BCUT2D eigenvalue weighted by Gasteiger charge is 2.32. The van der Waals surface area contributed by atoms with E-state index in [0.29, 0.717) is 43.3 Å². The van der Waals surface area contributed by atoms with Crippen LogP contribution >= 0.6 is 22.9 Å². The molecule has 0 saturated carbocycles. The first kappa shape index (κ1) is 19.9. The summed E-state index contributed by atoms with van der Waals surface area (Å²) < 4.78 is 38.3. The van der Waals surface area contributed by atoms with Gasteiger partial charge in [-0.15, -0.1) is 11.3 Å². The zero-order chi connectivity index (χ0) is 19.8. The van der Waals surface area contributed by atoms with Crippen molar-refractivity contribution in [3.8, 4) is 0 Å². The summed E-state index contributed by atoms with van der Waals surface area (Å²) in [6.45, 7) is 6.05. The number of hydrogen-bond acceptors (Lipinski definition) is 4. The Morgan fingerprint density at radius 1 is 1.19 bits per heavy atom. The summed E-state index contributed by atoms with van der Waals surface area (Å²) >= 11 is 7.54. The van der Waals surface area contributed by atoms with Crippen molar-refractivity contribution in [1.82, 2.24) is 9.88 Å². The number of amides is 1. The van der Waals surface area contributed by atoms with E-state index in [2.05, 4.69) is 4.98 Å². The van der Waals surface area contributed by atoms with Gasteiger partial charge in [0.2, 0.25) is 0 Å². The van der Waals surface area contributed by atoms with E-state index in [1.807, 2.05) is 24.8 Å². The highest BCUT2D eigenvalue weighted by molar-refractivity contribution is 7.14. The van der Waals surface area contributed by atoms with Crippen LogP contribution < -0.4 is 4.90 Å². The fraction of sp³-hybridized carbons (Fsp3) is 0.444. The van der Waals surface area contributed by atoms with Gasteiger partial charge in [-0.3, -0.25) is 4.79 Å². The van der Waals surface area contributed by atoms with Crippen LogP contribution in [0.4, 0.5) is 19.0 Å². The Bertz CT molecular complexity index is 833. The second-order valence-corrected chi connectivity index (χ2v) is 8.17. The van der Waals surface area contributed by atoms with Crippen LogP contribution in [-0.4, -0.2) is 42.0 Å². The molecule has 3 heterocycles. The van der Waals surface area contributed by atoms with Gasteiger partial charge in [0.25, 0.3) is 5.91 Å². The number of alkyl halides is 3. The van der Waals surface area contributed by atoms with Crippen molar-refractivity contribution < 1.29 is 18.0 Å². The molecule has 0 bridgehead atoms. The molecule has 27 heavy (non-hydrogen) atoms. The number of carbonyl (C=O) groups is 1. The van der Waals surface area contributed by atoms with Gasteiger partial charge >= 0.3 is 6.18 Å². The Morgan fingerprint density at radius 2 is 1.93 bits per heavy atom. The molecule has 3 rings (SSSR count). The van der Waals surface area contributed by atoms with Crippen LogP contribution in [0.3, 0.4) is 0 Å². The molecule has 4 nitrogen and oxygen atoms in total. The average Bonchev–Trinajstić information content (AvgIpc) is 2.81. The minimum Gasteiger partial charge on any atom is -0.354 e. The van der Waals surface area contributed by atoms with E-state index < -0.39 is 11.7 Å². The van der Waals surface area contributed by atoms with Gasteiger partial charge in [-0.05, 0) is 38.0 Å². The average molecular weight is 418 g/mol. The van der Waals surface area contributed by atoms with Gasteiger partial charge in [-0.2, -0.15) is 13.2 Å². The molecule has 0 atom stereocenters. The first-order valence-corrected chi connectivity index (χ1v) is 9.70. The number of aromatic nitrogens is 1. The minimum atomic E-state index is -4.48. The Labute approximate surface area is 164 Å². The SMILES string of the molecule is Cc1cc(C(=O)N2CCCN(c3ncc(C(F)(F)F)cc3Cl)CC2)sc1C. The van der Waals surface area contributed by atoms with E-state index in [-0.39, 0.29) is 10.9 Å². The molecule has 1 saturated heterocycles. The van der Waals surface area contributed by atoms with Gasteiger partial charge in [-0.1, -0.05) is 11.6 Å². The molecule has 1 amide bonds. The summed E-state index contributed by atoms with van der Waals surface area (Å²) in [5.74, 6) is 0.311. The molecule has 2 aromatic rings. The fourth-order valence-electron chi connectivity index (χ4n) is 2.99. The quantitative estimate of drug-likeness (QED) is 0.705. The van der Waals surface area contributed by atoms with Gasteiger partial charge in [0.1, 0.15) is 5.82 Å². The van der Waals surface area contributed by atoms with Gasteiger partial charge < -0.3 is 9.80 Å². The molecule has 146 valence electrons. The van der Waals surface area contributed by atoms with Crippen LogP contribution in [0.15, 0.2) is 18.3 Å². The molecular weight excluding hydrogens is 399 g/mol. The third-order valence-corrected chi connectivity index (χ3v) is 6.03. The Balaban J connectivity index is 1.72. The Kier molecular flexibility index (Phi) is 5.67. The maximum Gasteiger partial charge on any atom is 0.417 e. The lowest BCUT2D eigenvalue weighted by molar-refractivity contribution is -0.137. The zero-order valence-electron chi connectivity index (χ0n) is 14.9. The van der Waals surface area contributed by atoms with Gasteiger partial charge in [-0.25, -0.2) is 4.98 Å². The van der Waals surface area contributed by atoms with Crippen LogP contribution in [0.25, 0.3) is 0 Å². The number of aryl methyl sites for hydroxylation is 2. The second-order valence-electron chi connectivity index (χ2n) is 6.51. The van der Waals surface area contributed by atoms with Gasteiger partial charge in [0.15, 0.2) is 0 Å². The Hall–Kier alpha value is -1.80. The molecular formula is C18H19ClF3N3OS. The van der Waals surface area contributed by atoms with Crippen LogP contribution in [0.1, 0.15) is 32.1 Å². The van der Waals surface area contributed by atoms with Crippen molar-refractivity contribution >= 4 is 34.7 Å². The molecule has 1 aliphatic heterocycles. The van der Waals surface area contributed by atoms with Crippen molar-refractivity contribution in [2.75, 3.05) is 31.1 Å². The van der Waals surface area contributed by atoms with Crippen molar-refractivity contribution in [1.29, 1.82) is 0 Å². The zero-order valence-corrected chi connectivity index (χ0v) is 16.5. The standard InChI is InChI=1S/C18H19ClF3N3OS/c1-11-8-15(27-12(11)2)17(26)25-5-3-4-24(6-7-25)16-14(19)9-13(10-23-16)18(20,21)22/h8-10H,3-7H2,1-2H3. The number of hydrogen-bond donors (Lipinski definition) is 0. The summed E-state index contributed by atoms with van der Waals surface area (Å²) in [6, 6.07) is 2.80. The molecule has 1 fully saturated rings. The monoisotopic (exact) mass is 417 g/mol. The summed E-state index contributed by atoms with van der Waals surface area (Å²) in [6.07, 6.45) is -2.99. The lowest BCUT2D eigenvalue weighted by Gasteiger charge is -2.23. The smallest absolute Gasteiger partial charge is 0.354 e. The third kappa shape index (κ3) is 4.38. The summed E-state index contributed by atoms with van der Waals surface area (Å²) in [4.78, 5) is 22.1. The number of halogens is 4. The number of pyridine rings is 1. The molecule has 0 radical (unpaired) electrons. The highest BCUT2D eigenvalue weighted by Crippen LogP contribution is 2.33. The van der Waals surface area contributed by atoms with E-state index in [1.54, 1.807) is 4.90 Å². The van der Waals surface area contributed by atoms with E-state index >= 15 is 0 Å². The molecule has 0 unspecified atom stereocenters. The summed E-state index contributed by atoms with van der Waals surface area (Å²) in [5.41, 5.74) is 0.229. The largest absolute Gasteiger partial charge is 0.417 e. The van der Waals surface area contributed by atoms with E-state index in [9.17, 15) is 18.0 Å². The first-order chi connectivity index (χ1) is 12.7. The van der Waals surface area contributed by atoms with Crippen molar-refractivity contribution in [2.24, 2.45) is 0 Å². The molecule has 0 aliphatic carbocycles. The van der Waals surface area contributed by atoms with Gasteiger partial charge in [0, 0.05) is 37.3 Å². The molecule has 1 aliphatic rings. The van der Waals surface area contributed by atoms with Crippen LogP contribution in [0.5, 0.6) is 0 Å². The fourth-order valence-corrected chi connectivity index (χ4v) is 4.27. The topological polar surface area (TPSA) is 36.4 Å². The lowest BCUT2D eigenvalue weighted by Crippen LogP contribution is -2.35. The van der Waals surface area contributed by atoms with E-state index in [4.69, 9.17) is 11.6 Å². The molecule has 0 spiro atoms. The molecule has 0 aromatic carbocycles. The molecule has 2 aromatic heterocycles. The van der Waals surface area contributed by atoms with E-state index in [0.717, 1.165) is 22.7 Å². The maximum absolute atomic E-state index is 12.8. The lowest BCUT2D eigenvalue weighted by atomic mass is 10.2. The predicted molar refractivity (Wildman–Crippen MR) is 101 cm³/mol. The second kappa shape index (κ2) is 7.67. The number of rotatable bonds is 2. The van der Waals surface area contributed by atoms with Crippen molar-refractivity contribution in [3.05, 3.63) is 44.2 Å². The van der Waals surface area contributed by atoms with Crippen LogP contribution in [-0.2, 0) is 6.18 Å². The normalized spacial score (nSPS) is 15.8. The number of nitrogens with zero attached hydrogens (tertiary/aromatic N) is 3. The third-order valence-electron chi connectivity index (χ3n) is 4.61. The van der Waals surface area contributed by atoms with Crippen molar-refractivity contribution in [2.45, 2.75) is 26.4 Å². The number of carbonyl (C=O) groups excluding carboxylic acids is 1. The summed E-state index contributed by atoms with van der Waals surface area (Å²) in [5, 5.41) is -0.0332. The number of anilines is 1. The Morgan fingerprint density at radius 3 is 2.52 bits per heavy atom. The van der Waals surface area contributed by atoms with Crippen molar-refractivity contribution in [3.63, 3.8) is 0 Å². The highest BCUT2D eigenvalue weighted by atomic mass is 35.5.